The van der Waals surface area contributed by atoms with Crippen LogP contribution in [0.5, 0.6) is 5.75 Å². The highest BCUT2D eigenvalue weighted by atomic mass is 35.5. The Morgan fingerprint density at radius 3 is 2.68 bits per heavy atom. The third kappa shape index (κ3) is 5.14. The Morgan fingerprint density at radius 2 is 1.90 bits per heavy atom. The van der Waals surface area contributed by atoms with E-state index in [0.717, 1.165) is 68.0 Å². The Kier molecular flexibility index (Phi) is 6.99. The summed E-state index contributed by atoms with van der Waals surface area (Å²) in [6, 6.07) is 15.3. The lowest BCUT2D eigenvalue weighted by molar-refractivity contribution is 0.0927. The first-order chi connectivity index (χ1) is 15.2. The van der Waals surface area contributed by atoms with Gasteiger partial charge in [0, 0.05) is 38.1 Å². The maximum atomic E-state index is 12.3. The highest BCUT2D eigenvalue weighted by molar-refractivity contribution is 6.32. The summed E-state index contributed by atoms with van der Waals surface area (Å²) in [5.74, 6) is 0.965. The van der Waals surface area contributed by atoms with Crippen molar-refractivity contribution in [3.63, 3.8) is 0 Å². The molecule has 164 valence electrons. The molecule has 31 heavy (non-hydrogen) atoms. The molecule has 3 aromatic rings. The Bertz CT molecular complexity index is 995. The summed E-state index contributed by atoms with van der Waals surface area (Å²) in [7, 11) is 1.66. The van der Waals surface area contributed by atoms with Crippen LogP contribution in [-0.4, -0.2) is 57.2 Å². The van der Waals surface area contributed by atoms with E-state index in [1.165, 1.54) is 0 Å². The molecule has 0 aliphatic carbocycles. The molecule has 2 heterocycles. The van der Waals surface area contributed by atoms with Gasteiger partial charge in [0.05, 0.1) is 17.8 Å². The van der Waals surface area contributed by atoms with Crippen LogP contribution in [0, 0.1) is 0 Å². The van der Waals surface area contributed by atoms with E-state index in [-0.39, 0.29) is 5.91 Å². The van der Waals surface area contributed by atoms with Crippen molar-refractivity contribution in [2.75, 3.05) is 51.3 Å². The SMILES string of the molecule is COc1c(Cl)cccc1N1CCN(CCCCNC(=O)c2cc3ccccc3o2)CC1. The minimum absolute atomic E-state index is 0.153. The predicted octanol–water partition coefficient (Wildman–Crippen LogP) is 4.43. The van der Waals surface area contributed by atoms with Gasteiger partial charge in [-0.25, -0.2) is 0 Å². The van der Waals surface area contributed by atoms with Crippen LogP contribution >= 0.6 is 11.6 Å². The highest BCUT2D eigenvalue weighted by Crippen LogP contribution is 2.35. The third-order valence-electron chi connectivity index (χ3n) is 5.70. The standard InChI is InChI=1S/C24H28ClN3O3/c1-30-23-19(25)8-6-9-20(23)28-15-13-27(14-16-28)12-5-4-11-26-24(29)22-17-18-7-2-3-10-21(18)31-22/h2-3,6-10,17H,4-5,11-16H2,1H3,(H,26,29). The second kappa shape index (κ2) is 10.1. The van der Waals surface area contributed by atoms with Crippen LogP contribution in [0.15, 0.2) is 52.9 Å². The van der Waals surface area contributed by atoms with Crippen molar-refractivity contribution in [3.05, 3.63) is 59.3 Å². The number of para-hydroxylation sites is 2. The largest absolute Gasteiger partial charge is 0.493 e. The van der Waals surface area contributed by atoms with E-state index in [4.69, 9.17) is 20.8 Å². The highest BCUT2D eigenvalue weighted by Gasteiger charge is 2.20. The molecule has 0 atom stereocenters. The molecule has 0 unspecified atom stereocenters. The number of furan rings is 1. The molecule has 7 heteroatoms. The van der Waals surface area contributed by atoms with E-state index in [9.17, 15) is 4.79 Å². The molecule has 1 aliphatic heterocycles. The molecule has 1 fully saturated rings. The quantitative estimate of drug-likeness (QED) is 0.524. The number of nitrogens with zero attached hydrogens (tertiary/aromatic N) is 2. The van der Waals surface area contributed by atoms with Gasteiger partial charge in [-0.3, -0.25) is 9.69 Å². The van der Waals surface area contributed by atoms with Crippen molar-refractivity contribution >= 4 is 34.2 Å². The number of carbonyl (C=O) groups excluding carboxylic acids is 1. The first-order valence-electron chi connectivity index (χ1n) is 10.7. The van der Waals surface area contributed by atoms with E-state index in [1.807, 2.05) is 36.4 Å². The van der Waals surface area contributed by atoms with Gasteiger partial charge in [-0.05, 0) is 43.7 Å². The Morgan fingerprint density at radius 1 is 1.10 bits per heavy atom. The zero-order valence-electron chi connectivity index (χ0n) is 17.8. The number of amides is 1. The van der Waals surface area contributed by atoms with Gasteiger partial charge in [0.1, 0.15) is 5.58 Å². The summed E-state index contributed by atoms with van der Waals surface area (Å²) in [6.07, 6.45) is 1.98. The van der Waals surface area contributed by atoms with E-state index >= 15 is 0 Å². The van der Waals surface area contributed by atoms with Gasteiger partial charge in [0.2, 0.25) is 0 Å². The Balaban J connectivity index is 1.16. The predicted molar refractivity (Wildman–Crippen MR) is 124 cm³/mol. The third-order valence-corrected chi connectivity index (χ3v) is 6.00. The van der Waals surface area contributed by atoms with Crippen LogP contribution in [0.2, 0.25) is 5.02 Å². The zero-order valence-corrected chi connectivity index (χ0v) is 18.5. The molecule has 0 spiro atoms. The molecule has 1 aliphatic rings. The van der Waals surface area contributed by atoms with Gasteiger partial charge < -0.3 is 19.4 Å². The second-order valence-corrected chi connectivity index (χ2v) is 8.14. The summed E-state index contributed by atoms with van der Waals surface area (Å²) in [4.78, 5) is 17.1. The molecule has 1 N–H and O–H groups in total. The number of hydrogen-bond donors (Lipinski definition) is 1. The maximum Gasteiger partial charge on any atom is 0.287 e. The number of carbonyl (C=O) groups is 1. The van der Waals surface area contributed by atoms with Gasteiger partial charge in [-0.2, -0.15) is 0 Å². The average Bonchev–Trinajstić information content (AvgIpc) is 3.23. The smallest absolute Gasteiger partial charge is 0.287 e. The number of unbranched alkanes of at least 4 members (excludes halogenated alkanes) is 1. The average molecular weight is 442 g/mol. The van der Waals surface area contributed by atoms with Gasteiger partial charge >= 0.3 is 0 Å². The number of piperazine rings is 1. The molecule has 4 rings (SSSR count). The van der Waals surface area contributed by atoms with Crippen molar-refractivity contribution in [1.29, 1.82) is 0 Å². The lowest BCUT2D eigenvalue weighted by Crippen LogP contribution is -2.46. The van der Waals surface area contributed by atoms with Crippen molar-refractivity contribution in [2.45, 2.75) is 12.8 Å². The number of methoxy groups -OCH3 is 1. The monoisotopic (exact) mass is 441 g/mol. The van der Waals surface area contributed by atoms with Crippen molar-refractivity contribution in [3.8, 4) is 5.75 Å². The van der Waals surface area contributed by atoms with Crippen molar-refractivity contribution in [1.82, 2.24) is 10.2 Å². The fourth-order valence-corrected chi connectivity index (χ4v) is 4.25. The van der Waals surface area contributed by atoms with E-state index in [1.54, 1.807) is 13.2 Å². The number of fused-ring (bicyclic) bond motifs is 1. The Hall–Kier alpha value is -2.70. The fourth-order valence-electron chi connectivity index (χ4n) is 4.00. The minimum atomic E-state index is -0.153. The maximum absolute atomic E-state index is 12.3. The molecule has 6 nitrogen and oxygen atoms in total. The minimum Gasteiger partial charge on any atom is -0.493 e. The zero-order chi connectivity index (χ0) is 21.6. The van der Waals surface area contributed by atoms with Crippen LogP contribution < -0.4 is 15.0 Å². The molecule has 1 amide bonds. The first-order valence-corrected chi connectivity index (χ1v) is 11.1. The summed E-state index contributed by atoms with van der Waals surface area (Å²) in [6.45, 7) is 5.57. The molecule has 2 aromatic carbocycles. The van der Waals surface area contributed by atoms with Gasteiger partial charge in [0.15, 0.2) is 11.5 Å². The second-order valence-electron chi connectivity index (χ2n) is 7.73. The van der Waals surface area contributed by atoms with Crippen LogP contribution in [0.3, 0.4) is 0 Å². The number of nitrogens with one attached hydrogen (secondary N) is 1. The van der Waals surface area contributed by atoms with Gasteiger partial charge in [-0.1, -0.05) is 35.9 Å². The first kappa shape index (κ1) is 21.5. The van der Waals surface area contributed by atoms with Crippen molar-refractivity contribution < 1.29 is 13.9 Å². The number of rotatable bonds is 8. The summed E-state index contributed by atoms with van der Waals surface area (Å²) in [5, 5.41) is 4.55. The van der Waals surface area contributed by atoms with Crippen LogP contribution in [0.4, 0.5) is 5.69 Å². The summed E-state index contributed by atoms with van der Waals surface area (Å²) in [5.41, 5.74) is 1.80. The number of benzene rings is 2. The number of hydrogen-bond acceptors (Lipinski definition) is 5. The molecule has 0 radical (unpaired) electrons. The van der Waals surface area contributed by atoms with Crippen LogP contribution in [0.25, 0.3) is 11.0 Å². The molecule has 0 bridgehead atoms. The summed E-state index contributed by atoms with van der Waals surface area (Å²) >= 11 is 6.26. The van der Waals surface area contributed by atoms with Crippen LogP contribution in [0.1, 0.15) is 23.4 Å². The van der Waals surface area contributed by atoms with E-state index < -0.39 is 0 Å². The molecule has 0 saturated carbocycles. The topological polar surface area (TPSA) is 58.0 Å². The summed E-state index contributed by atoms with van der Waals surface area (Å²) < 4.78 is 11.1. The van der Waals surface area contributed by atoms with Crippen molar-refractivity contribution in [2.24, 2.45) is 0 Å². The molecular formula is C24H28ClN3O3. The number of halogens is 1. The number of anilines is 1. The lowest BCUT2D eigenvalue weighted by atomic mass is 10.2. The van der Waals surface area contributed by atoms with Gasteiger partial charge in [0.25, 0.3) is 5.91 Å². The normalized spacial score (nSPS) is 14.7. The number of ether oxygens (including phenoxy) is 1. The molecule has 1 aromatic heterocycles. The fraction of sp³-hybridized carbons (Fsp3) is 0.375. The lowest BCUT2D eigenvalue weighted by Gasteiger charge is -2.36. The van der Waals surface area contributed by atoms with E-state index in [0.29, 0.717) is 17.3 Å². The van der Waals surface area contributed by atoms with E-state index in [2.05, 4.69) is 21.2 Å². The molecular weight excluding hydrogens is 414 g/mol. The van der Waals surface area contributed by atoms with Gasteiger partial charge in [-0.15, -0.1) is 0 Å². The van der Waals surface area contributed by atoms with Crippen LogP contribution in [-0.2, 0) is 0 Å². The Labute approximate surface area is 187 Å². The molecule has 1 saturated heterocycles.